The first-order valence-corrected chi connectivity index (χ1v) is 11.9. The highest BCUT2D eigenvalue weighted by atomic mass is 32.1. The van der Waals surface area contributed by atoms with E-state index in [1.807, 2.05) is 67.7 Å². The minimum absolute atomic E-state index is 0. The van der Waals surface area contributed by atoms with Crippen molar-refractivity contribution in [3.63, 3.8) is 0 Å². The highest BCUT2D eigenvalue weighted by Crippen LogP contribution is 2.32. The quantitative estimate of drug-likeness (QED) is 0.271. The van der Waals surface area contributed by atoms with Gasteiger partial charge in [0, 0.05) is 28.3 Å². The number of rotatable bonds is 10. The summed E-state index contributed by atoms with van der Waals surface area (Å²) in [6.45, 7) is 2.33. The minimum atomic E-state index is -0.442. The third kappa shape index (κ3) is 5.27. The van der Waals surface area contributed by atoms with Gasteiger partial charge in [-0.05, 0) is 60.4 Å². The van der Waals surface area contributed by atoms with Crippen molar-refractivity contribution in [2.45, 2.75) is 32.4 Å². The van der Waals surface area contributed by atoms with E-state index in [1.165, 1.54) is 11.3 Å². The molecule has 0 saturated heterocycles. The summed E-state index contributed by atoms with van der Waals surface area (Å²) >= 11 is 1.49. The SMILES string of the molecule is CCCOc1ccc(-c2ccc(CO)s2)cc1C(=O)N[C@H](CO)Cc1c[nH]c2ccccc12.[HH]. The van der Waals surface area contributed by atoms with Crippen LogP contribution in [-0.4, -0.2) is 40.4 Å². The van der Waals surface area contributed by atoms with E-state index in [0.717, 1.165) is 38.2 Å². The van der Waals surface area contributed by atoms with Crippen LogP contribution in [0.25, 0.3) is 21.3 Å². The Kier molecular flexibility index (Phi) is 7.44. The second kappa shape index (κ2) is 10.7. The molecule has 1 atom stereocenters. The van der Waals surface area contributed by atoms with Gasteiger partial charge in [-0.3, -0.25) is 4.79 Å². The summed E-state index contributed by atoms with van der Waals surface area (Å²) in [5, 5.41) is 23.4. The molecule has 0 aliphatic rings. The lowest BCUT2D eigenvalue weighted by Gasteiger charge is -2.18. The van der Waals surface area contributed by atoms with Crippen LogP contribution in [0.2, 0.25) is 0 Å². The standard InChI is InChI=1S/C26H28N2O4S.H2/c1-2-11-32-24-9-7-17(25-10-8-20(16-30)33-25)13-22(24)26(31)28-19(15-29)12-18-14-27-23-6-4-3-5-21(18)23;/h3-10,13-14,19,27,29-30H,2,11-12,15-16H2,1H3,(H,28,31);1H/t19-;/m0./s1. The number of aromatic amines is 1. The van der Waals surface area contributed by atoms with E-state index in [9.17, 15) is 15.0 Å². The van der Waals surface area contributed by atoms with Gasteiger partial charge < -0.3 is 25.3 Å². The van der Waals surface area contributed by atoms with Crippen LogP contribution in [0.4, 0.5) is 0 Å². The zero-order chi connectivity index (χ0) is 23.2. The third-order valence-electron chi connectivity index (χ3n) is 5.48. The molecule has 4 aromatic rings. The molecule has 0 bridgehead atoms. The zero-order valence-corrected chi connectivity index (χ0v) is 19.3. The number of aliphatic hydroxyl groups is 2. The van der Waals surface area contributed by atoms with Crippen LogP contribution >= 0.6 is 11.3 Å². The number of nitrogens with one attached hydrogen (secondary N) is 2. The molecule has 0 unspecified atom stereocenters. The number of carbonyl (C=O) groups is 1. The Hall–Kier alpha value is -3.13. The number of amides is 1. The average molecular weight is 467 g/mol. The Bertz CT molecular complexity index is 1240. The van der Waals surface area contributed by atoms with E-state index in [2.05, 4.69) is 10.3 Å². The van der Waals surface area contributed by atoms with E-state index in [0.29, 0.717) is 24.3 Å². The molecule has 0 spiro atoms. The third-order valence-corrected chi connectivity index (χ3v) is 6.60. The molecule has 2 heterocycles. The summed E-state index contributed by atoms with van der Waals surface area (Å²) in [6.07, 6.45) is 3.25. The number of hydrogen-bond acceptors (Lipinski definition) is 5. The summed E-state index contributed by atoms with van der Waals surface area (Å²) in [7, 11) is 0. The van der Waals surface area contributed by atoms with Gasteiger partial charge in [-0.1, -0.05) is 25.1 Å². The van der Waals surface area contributed by atoms with E-state index in [4.69, 9.17) is 4.74 Å². The van der Waals surface area contributed by atoms with Crippen LogP contribution in [0, 0.1) is 0 Å². The van der Waals surface area contributed by atoms with Crippen LogP contribution in [0.3, 0.4) is 0 Å². The van der Waals surface area contributed by atoms with Gasteiger partial charge in [-0.25, -0.2) is 0 Å². The van der Waals surface area contributed by atoms with Gasteiger partial charge in [-0.15, -0.1) is 11.3 Å². The first-order chi connectivity index (χ1) is 16.1. The zero-order valence-electron chi connectivity index (χ0n) is 18.5. The van der Waals surface area contributed by atoms with Gasteiger partial charge in [0.05, 0.1) is 31.4 Å². The highest BCUT2D eigenvalue weighted by Gasteiger charge is 2.20. The van der Waals surface area contributed by atoms with E-state index in [1.54, 1.807) is 0 Å². The summed E-state index contributed by atoms with van der Waals surface area (Å²) < 4.78 is 5.84. The molecule has 33 heavy (non-hydrogen) atoms. The van der Waals surface area contributed by atoms with Crippen LogP contribution in [-0.2, 0) is 13.0 Å². The van der Waals surface area contributed by atoms with Gasteiger partial charge in [0.1, 0.15) is 5.75 Å². The normalized spacial score (nSPS) is 12.1. The summed E-state index contributed by atoms with van der Waals surface area (Å²) in [5.74, 6) is 0.224. The van der Waals surface area contributed by atoms with E-state index in [-0.39, 0.29) is 20.5 Å². The number of thiophene rings is 1. The number of aliphatic hydroxyl groups excluding tert-OH is 2. The summed E-state index contributed by atoms with van der Waals surface area (Å²) in [5.41, 5.74) is 3.37. The van der Waals surface area contributed by atoms with Crippen molar-refractivity contribution >= 4 is 28.1 Å². The molecule has 6 nitrogen and oxygen atoms in total. The molecule has 4 rings (SSSR count). The number of aromatic nitrogens is 1. The van der Waals surface area contributed by atoms with Crippen molar-refractivity contribution in [2.24, 2.45) is 0 Å². The molecule has 2 aromatic heterocycles. The summed E-state index contributed by atoms with van der Waals surface area (Å²) in [4.78, 5) is 18.4. The molecule has 0 radical (unpaired) electrons. The maximum Gasteiger partial charge on any atom is 0.255 e. The topological polar surface area (TPSA) is 94.6 Å². The summed E-state index contributed by atoms with van der Waals surface area (Å²) in [6, 6.07) is 16.9. The molecule has 1 amide bonds. The Labute approximate surface area is 198 Å². The first kappa shape index (κ1) is 23.0. The number of ether oxygens (including phenoxy) is 1. The van der Waals surface area contributed by atoms with Crippen molar-refractivity contribution in [2.75, 3.05) is 13.2 Å². The smallest absolute Gasteiger partial charge is 0.255 e. The Morgan fingerprint density at radius 3 is 2.79 bits per heavy atom. The van der Waals surface area contributed by atoms with Gasteiger partial charge in [-0.2, -0.15) is 0 Å². The van der Waals surface area contributed by atoms with Gasteiger partial charge in [0.2, 0.25) is 0 Å². The predicted molar refractivity (Wildman–Crippen MR) is 134 cm³/mol. The fourth-order valence-electron chi connectivity index (χ4n) is 3.81. The number of fused-ring (bicyclic) bond motifs is 1. The van der Waals surface area contributed by atoms with E-state index < -0.39 is 6.04 Å². The van der Waals surface area contributed by atoms with Gasteiger partial charge in [0.25, 0.3) is 5.91 Å². The fourth-order valence-corrected chi connectivity index (χ4v) is 4.67. The lowest BCUT2D eigenvalue weighted by molar-refractivity contribution is 0.0912. The van der Waals surface area contributed by atoms with Crippen LogP contribution in [0.15, 0.2) is 60.8 Å². The van der Waals surface area contributed by atoms with Gasteiger partial charge >= 0.3 is 0 Å². The van der Waals surface area contributed by atoms with Crippen molar-refractivity contribution in [3.05, 3.63) is 76.8 Å². The molecular formula is C26H30N2O4S. The predicted octanol–water partition coefficient (Wildman–Crippen LogP) is 4.76. The number of carbonyl (C=O) groups excluding carboxylic acids is 1. The van der Waals surface area contributed by atoms with Gasteiger partial charge in [0.15, 0.2) is 0 Å². The highest BCUT2D eigenvalue weighted by molar-refractivity contribution is 7.15. The molecule has 174 valence electrons. The number of benzene rings is 2. The molecular weight excluding hydrogens is 436 g/mol. The fraction of sp³-hybridized carbons (Fsp3) is 0.269. The minimum Gasteiger partial charge on any atom is -0.493 e. The lowest BCUT2D eigenvalue weighted by atomic mass is 10.0. The molecule has 7 heteroatoms. The second-order valence-corrected chi connectivity index (χ2v) is 9.07. The molecule has 0 aliphatic carbocycles. The van der Waals surface area contributed by atoms with Crippen molar-refractivity contribution in [1.29, 1.82) is 0 Å². The molecule has 0 aliphatic heterocycles. The molecule has 2 aromatic carbocycles. The monoisotopic (exact) mass is 466 g/mol. The maximum atomic E-state index is 13.3. The molecule has 0 fully saturated rings. The number of para-hydroxylation sites is 1. The first-order valence-electron chi connectivity index (χ1n) is 11.1. The van der Waals surface area contributed by atoms with Crippen molar-refractivity contribution in [1.82, 2.24) is 10.3 Å². The van der Waals surface area contributed by atoms with Crippen LogP contribution in [0.1, 0.15) is 35.6 Å². The average Bonchev–Trinajstić information content (AvgIpc) is 3.49. The Morgan fingerprint density at radius 2 is 2.03 bits per heavy atom. The van der Waals surface area contributed by atoms with Crippen molar-refractivity contribution < 1.29 is 21.2 Å². The maximum absolute atomic E-state index is 13.3. The van der Waals surface area contributed by atoms with E-state index >= 15 is 0 Å². The van der Waals surface area contributed by atoms with Crippen LogP contribution < -0.4 is 10.1 Å². The Morgan fingerprint density at radius 1 is 1.18 bits per heavy atom. The largest absolute Gasteiger partial charge is 0.493 e. The molecule has 4 N–H and O–H groups in total. The second-order valence-electron chi connectivity index (χ2n) is 7.90. The number of hydrogen-bond donors (Lipinski definition) is 4. The number of H-pyrrole nitrogens is 1. The Balaban J connectivity index is 0.00000324. The van der Waals surface area contributed by atoms with Crippen LogP contribution in [0.5, 0.6) is 5.75 Å². The molecule has 0 saturated carbocycles. The van der Waals surface area contributed by atoms with Crippen molar-refractivity contribution in [3.8, 4) is 16.2 Å². The lowest BCUT2D eigenvalue weighted by Crippen LogP contribution is -2.39.